The molecular weight excluding hydrogens is 408 g/mol. The second-order valence-corrected chi connectivity index (χ2v) is 9.25. The number of nitrogens with zero attached hydrogens (tertiary/aromatic N) is 1. The maximum atomic E-state index is 12.8. The average molecular weight is 433 g/mol. The minimum absolute atomic E-state index is 0.0378. The van der Waals surface area contributed by atoms with E-state index in [4.69, 9.17) is 4.74 Å². The van der Waals surface area contributed by atoms with Crippen molar-refractivity contribution in [2.45, 2.75) is 38.5 Å². The van der Waals surface area contributed by atoms with Crippen LogP contribution in [0.1, 0.15) is 64.1 Å². The Balaban J connectivity index is 1.39. The average Bonchev–Trinajstić information content (AvgIpc) is 3.26. The second-order valence-electron chi connectivity index (χ2n) is 7.42. The van der Waals surface area contributed by atoms with E-state index in [2.05, 4.69) is 5.32 Å². The first-order valence-corrected chi connectivity index (χ1v) is 11.8. The molecule has 1 N–H and O–H groups in total. The van der Waals surface area contributed by atoms with Crippen molar-refractivity contribution in [1.29, 1.82) is 0 Å². The Hall–Kier alpha value is -2.19. The molecule has 0 radical (unpaired) electrons. The Morgan fingerprint density at radius 2 is 1.93 bits per heavy atom. The number of likely N-dealkylation sites (tertiary alicyclic amines) is 1. The molecule has 0 aromatic carbocycles. The normalized spacial score (nSPS) is 17.2. The summed E-state index contributed by atoms with van der Waals surface area (Å²) in [5, 5.41) is 7.43. The Morgan fingerprint density at radius 3 is 2.55 bits per heavy atom. The molecule has 1 aliphatic carbocycles. The van der Waals surface area contributed by atoms with E-state index in [1.807, 2.05) is 27.8 Å². The van der Waals surface area contributed by atoms with Crippen molar-refractivity contribution in [2.24, 2.45) is 5.92 Å². The van der Waals surface area contributed by atoms with Crippen molar-refractivity contribution < 1.29 is 19.1 Å². The first-order chi connectivity index (χ1) is 14.1. The smallest absolute Gasteiger partial charge is 0.341 e. The van der Waals surface area contributed by atoms with Gasteiger partial charge in [-0.05, 0) is 60.9 Å². The van der Waals surface area contributed by atoms with Crippen LogP contribution in [0, 0.1) is 5.92 Å². The van der Waals surface area contributed by atoms with Crippen LogP contribution in [0.25, 0.3) is 0 Å². The van der Waals surface area contributed by atoms with E-state index in [0.29, 0.717) is 49.0 Å². The number of hydrogen-bond acceptors (Lipinski definition) is 6. The van der Waals surface area contributed by atoms with E-state index in [0.717, 1.165) is 23.3 Å². The summed E-state index contributed by atoms with van der Waals surface area (Å²) in [5.74, 6) is -0.159. The molecule has 0 atom stereocenters. The summed E-state index contributed by atoms with van der Waals surface area (Å²) in [6.45, 7) is 3.22. The summed E-state index contributed by atoms with van der Waals surface area (Å²) in [6, 6.07) is 3.70. The molecule has 2 aromatic rings. The molecule has 6 nitrogen and oxygen atoms in total. The van der Waals surface area contributed by atoms with E-state index in [1.165, 1.54) is 22.7 Å². The summed E-state index contributed by atoms with van der Waals surface area (Å²) >= 11 is 2.84. The lowest BCUT2D eigenvalue weighted by atomic mass is 9.95. The van der Waals surface area contributed by atoms with Gasteiger partial charge in [-0.2, -0.15) is 0 Å². The molecule has 0 unspecified atom stereocenters. The van der Waals surface area contributed by atoms with Crippen molar-refractivity contribution in [3.05, 3.63) is 38.9 Å². The fraction of sp³-hybridized carbons (Fsp3) is 0.476. The topological polar surface area (TPSA) is 75.7 Å². The van der Waals surface area contributed by atoms with Gasteiger partial charge in [0, 0.05) is 19.0 Å². The molecule has 1 aliphatic heterocycles. The van der Waals surface area contributed by atoms with Crippen molar-refractivity contribution in [1.82, 2.24) is 4.90 Å². The zero-order valence-electron chi connectivity index (χ0n) is 16.3. The second kappa shape index (κ2) is 8.67. The molecule has 2 amide bonds. The molecule has 29 heavy (non-hydrogen) atoms. The van der Waals surface area contributed by atoms with Gasteiger partial charge in [0.2, 0.25) is 5.91 Å². The van der Waals surface area contributed by atoms with E-state index >= 15 is 0 Å². The number of rotatable bonds is 6. The van der Waals surface area contributed by atoms with Crippen LogP contribution in [-0.2, 0) is 9.53 Å². The van der Waals surface area contributed by atoms with Gasteiger partial charge in [-0.15, -0.1) is 22.7 Å². The zero-order valence-corrected chi connectivity index (χ0v) is 17.9. The number of carbonyl (C=O) groups is 3. The van der Waals surface area contributed by atoms with Crippen LogP contribution in [0.15, 0.2) is 22.9 Å². The lowest BCUT2D eigenvalue weighted by Gasteiger charge is -2.31. The Kier molecular flexibility index (Phi) is 6.01. The molecule has 154 valence electrons. The third-order valence-electron chi connectivity index (χ3n) is 5.44. The van der Waals surface area contributed by atoms with Crippen LogP contribution in [0.3, 0.4) is 0 Å². The van der Waals surface area contributed by atoms with Gasteiger partial charge in [-0.3, -0.25) is 9.59 Å². The van der Waals surface area contributed by atoms with Crippen LogP contribution < -0.4 is 5.32 Å². The molecule has 3 heterocycles. The van der Waals surface area contributed by atoms with Crippen LogP contribution in [0.2, 0.25) is 0 Å². The fourth-order valence-corrected chi connectivity index (χ4v) is 5.41. The first kappa shape index (κ1) is 20.1. The monoisotopic (exact) mass is 432 g/mol. The van der Waals surface area contributed by atoms with Gasteiger partial charge in [-0.1, -0.05) is 6.07 Å². The highest BCUT2D eigenvalue weighted by Gasteiger charge is 2.34. The van der Waals surface area contributed by atoms with Gasteiger partial charge in [0.05, 0.1) is 17.0 Å². The molecular formula is C21H24N2O4S2. The van der Waals surface area contributed by atoms with Crippen molar-refractivity contribution in [3.63, 3.8) is 0 Å². The van der Waals surface area contributed by atoms with Crippen molar-refractivity contribution >= 4 is 45.5 Å². The predicted octanol–water partition coefficient (Wildman–Crippen LogP) is 4.35. The summed E-state index contributed by atoms with van der Waals surface area (Å²) < 4.78 is 5.22. The number of ether oxygens (including phenoxy) is 1. The van der Waals surface area contributed by atoms with Crippen LogP contribution in [0.4, 0.5) is 5.00 Å². The largest absolute Gasteiger partial charge is 0.462 e. The standard InChI is InChI=1S/C21H24N2O4S2/c1-2-27-21(26)17-15(13-5-6-13)12-29-19(17)22-18(24)14-7-9-23(10-8-14)20(25)16-4-3-11-28-16/h3-4,11-14H,2,5-10H2,1H3,(H,22,24). The molecule has 2 fully saturated rings. The maximum absolute atomic E-state index is 12.8. The van der Waals surface area contributed by atoms with Gasteiger partial charge in [0.25, 0.3) is 5.91 Å². The summed E-state index contributed by atoms with van der Waals surface area (Å²) in [4.78, 5) is 40.3. The highest BCUT2D eigenvalue weighted by molar-refractivity contribution is 7.15. The fourth-order valence-electron chi connectivity index (χ4n) is 3.69. The maximum Gasteiger partial charge on any atom is 0.341 e. The molecule has 8 heteroatoms. The van der Waals surface area contributed by atoms with E-state index < -0.39 is 0 Å². The highest BCUT2D eigenvalue weighted by Crippen LogP contribution is 2.46. The van der Waals surface area contributed by atoms with Gasteiger partial charge in [-0.25, -0.2) is 4.79 Å². The summed E-state index contributed by atoms with van der Waals surface area (Å²) in [5.41, 5.74) is 1.53. The molecule has 0 spiro atoms. The highest BCUT2D eigenvalue weighted by atomic mass is 32.1. The molecule has 1 saturated carbocycles. The molecule has 1 saturated heterocycles. The molecule has 4 rings (SSSR count). The quantitative estimate of drug-likeness (QED) is 0.689. The van der Waals surface area contributed by atoms with Crippen molar-refractivity contribution in [3.8, 4) is 0 Å². The Morgan fingerprint density at radius 1 is 1.17 bits per heavy atom. The van der Waals surface area contributed by atoms with Crippen molar-refractivity contribution in [2.75, 3.05) is 25.0 Å². The minimum Gasteiger partial charge on any atom is -0.462 e. The number of esters is 1. The van der Waals surface area contributed by atoms with Crippen LogP contribution in [-0.4, -0.2) is 42.4 Å². The van der Waals surface area contributed by atoms with Crippen LogP contribution >= 0.6 is 22.7 Å². The third-order valence-corrected chi connectivity index (χ3v) is 7.21. The summed E-state index contributed by atoms with van der Waals surface area (Å²) in [6.07, 6.45) is 3.40. The first-order valence-electron chi connectivity index (χ1n) is 10.0. The van der Waals surface area contributed by atoms with Gasteiger partial charge < -0.3 is 15.0 Å². The molecule has 2 aromatic heterocycles. The van der Waals surface area contributed by atoms with E-state index in [9.17, 15) is 14.4 Å². The molecule has 0 bridgehead atoms. The Bertz CT molecular complexity index is 894. The number of hydrogen-bond donors (Lipinski definition) is 1. The summed E-state index contributed by atoms with van der Waals surface area (Å²) in [7, 11) is 0. The minimum atomic E-state index is -0.359. The number of thiophene rings is 2. The number of piperidine rings is 1. The lowest BCUT2D eigenvalue weighted by Crippen LogP contribution is -2.41. The zero-order chi connectivity index (χ0) is 20.4. The number of anilines is 1. The molecule has 2 aliphatic rings. The number of nitrogens with one attached hydrogen (secondary N) is 1. The van der Waals surface area contributed by atoms with E-state index in [1.54, 1.807) is 6.92 Å². The lowest BCUT2D eigenvalue weighted by molar-refractivity contribution is -0.121. The van der Waals surface area contributed by atoms with Gasteiger partial charge in [0.15, 0.2) is 0 Å². The van der Waals surface area contributed by atoms with E-state index in [-0.39, 0.29) is 23.7 Å². The van der Waals surface area contributed by atoms with Crippen LogP contribution in [0.5, 0.6) is 0 Å². The Labute approximate surface area is 177 Å². The van der Waals surface area contributed by atoms with Gasteiger partial charge in [0.1, 0.15) is 5.00 Å². The number of carbonyl (C=O) groups excluding carboxylic acids is 3. The SMILES string of the molecule is CCOC(=O)c1c(C2CC2)csc1NC(=O)C1CCN(C(=O)c2cccs2)CC1. The predicted molar refractivity (Wildman–Crippen MR) is 114 cm³/mol. The number of amides is 2. The third kappa shape index (κ3) is 4.38. The van der Waals surface area contributed by atoms with Gasteiger partial charge >= 0.3 is 5.97 Å².